The first-order valence-corrected chi connectivity index (χ1v) is 7.78. The first-order valence-electron chi connectivity index (χ1n) is 5.17. The fraction of sp³-hybridized carbons (Fsp3) is 0.500. The maximum Gasteiger partial charge on any atom is 0.193 e. The van der Waals surface area contributed by atoms with Crippen molar-refractivity contribution in [2.24, 2.45) is 0 Å². The van der Waals surface area contributed by atoms with E-state index < -0.39 is 10.8 Å². The van der Waals surface area contributed by atoms with Crippen molar-refractivity contribution in [3.63, 3.8) is 0 Å². The molecule has 0 radical (unpaired) electrons. The number of fused-ring (bicyclic) bond motifs is 1. The SMILES string of the molecule is CS(=O)CCCNCc1cn2ccsc2n1. The minimum Gasteiger partial charge on any atom is -0.311 e. The van der Waals surface area contributed by atoms with Crippen LogP contribution in [-0.4, -0.2) is 32.1 Å². The highest BCUT2D eigenvalue weighted by atomic mass is 32.2. The number of imidazole rings is 1. The van der Waals surface area contributed by atoms with Gasteiger partial charge in [-0.15, -0.1) is 11.3 Å². The Labute approximate surface area is 101 Å². The highest BCUT2D eigenvalue weighted by molar-refractivity contribution is 7.84. The summed E-state index contributed by atoms with van der Waals surface area (Å²) in [6.45, 7) is 1.68. The van der Waals surface area contributed by atoms with Gasteiger partial charge in [-0.2, -0.15) is 0 Å². The zero-order valence-electron chi connectivity index (χ0n) is 9.18. The van der Waals surface area contributed by atoms with E-state index in [1.807, 2.05) is 22.2 Å². The fourth-order valence-corrected chi connectivity index (χ4v) is 2.75. The number of hydrogen-bond acceptors (Lipinski definition) is 4. The lowest BCUT2D eigenvalue weighted by atomic mass is 10.4. The van der Waals surface area contributed by atoms with Crippen LogP contribution >= 0.6 is 11.3 Å². The van der Waals surface area contributed by atoms with Gasteiger partial charge in [-0.25, -0.2) is 4.98 Å². The van der Waals surface area contributed by atoms with Gasteiger partial charge in [-0.1, -0.05) is 0 Å². The molecule has 1 unspecified atom stereocenters. The predicted octanol–water partition coefficient (Wildman–Crippen LogP) is 1.25. The van der Waals surface area contributed by atoms with E-state index in [9.17, 15) is 4.21 Å². The van der Waals surface area contributed by atoms with Crippen LogP contribution in [0.1, 0.15) is 12.1 Å². The molecule has 0 aromatic carbocycles. The summed E-state index contributed by atoms with van der Waals surface area (Å²) < 4.78 is 12.9. The van der Waals surface area contributed by atoms with E-state index in [-0.39, 0.29) is 0 Å². The second-order valence-corrected chi connectivity index (χ2v) is 6.06. The van der Waals surface area contributed by atoms with Crippen molar-refractivity contribution in [2.75, 3.05) is 18.6 Å². The Bertz CT molecular complexity index is 449. The lowest BCUT2D eigenvalue weighted by molar-refractivity contribution is 0.657. The van der Waals surface area contributed by atoms with Crippen LogP contribution in [0.15, 0.2) is 17.8 Å². The van der Waals surface area contributed by atoms with E-state index in [0.29, 0.717) is 0 Å². The van der Waals surface area contributed by atoms with Crippen LogP contribution in [0.3, 0.4) is 0 Å². The molecule has 0 bridgehead atoms. The molecule has 1 atom stereocenters. The molecule has 2 heterocycles. The monoisotopic (exact) mass is 257 g/mol. The minimum absolute atomic E-state index is 0.678. The first kappa shape index (κ1) is 11.8. The van der Waals surface area contributed by atoms with E-state index in [0.717, 1.165) is 35.9 Å². The number of hydrogen-bond donors (Lipinski definition) is 1. The maximum absolute atomic E-state index is 10.8. The summed E-state index contributed by atoms with van der Waals surface area (Å²) in [4.78, 5) is 5.50. The third kappa shape index (κ3) is 3.13. The molecular weight excluding hydrogens is 242 g/mol. The average Bonchev–Trinajstić information content (AvgIpc) is 2.76. The molecule has 88 valence electrons. The molecule has 0 fully saturated rings. The molecule has 16 heavy (non-hydrogen) atoms. The molecule has 2 rings (SSSR count). The number of nitrogens with one attached hydrogen (secondary N) is 1. The van der Waals surface area contributed by atoms with Gasteiger partial charge < -0.3 is 5.32 Å². The van der Waals surface area contributed by atoms with E-state index in [2.05, 4.69) is 10.3 Å². The van der Waals surface area contributed by atoms with Gasteiger partial charge in [0.25, 0.3) is 0 Å². The van der Waals surface area contributed by atoms with Crippen molar-refractivity contribution in [1.82, 2.24) is 14.7 Å². The Morgan fingerprint density at radius 2 is 2.50 bits per heavy atom. The first-order chi connectivity index (χ1) is 7.75. The zero-order chi connectivity index (χ0) is 11.4. The van der Waals surface area contributed by atoms with Gasteiger partial charge in [0.05, 0.1) is 5.69 Å². The van der Waals surface area contributed by atoms with Gasteiger partial charge in [-0.3, -0.25) is 8.61 Å². The average molecular weight is 257 g/mol. The van der Waals surface area contributed by atoms with Gasteiger partial charge in [0.2, 0.25) is 0 Å². The fourth-order valence-electron chi connectivity index (χ4n) is 1.48. The maximum atomic E-state index is 10.8. The molecule has 0 saturated carbocycles. The Balaban J connectivity index is 1.74. The van der Waals surface area contributed by atoms with Crippen molar-refractivity contribution in [3.05, 3.63) is 23.5 Å². The quantitative estimate of drug-likeness (QED) is 0.792. The van der Waals surface area contributed by atoms with E-state index in [1.165, 1.54) is 0 Å². The normalized spacial score (nSPS) is 13.3. The van der Waals surface area contributed by atoms with Crippen LogP contribution in [0.25, 0.3) is 4.96 Å². The molecule has 0 amide bonds. The van der Waals surface area contributed by atoms with Crippen LogP contribution in [0.4, 0.5) is 0 Å². The molecular formula is C10H15N3OS2. The lowest BCUT2D eigenvalue weighted by Crippen LogP contribution is -2.16. The van der Waals surface area contributed by atoms with Gasteiger partial charge in [0, 0.05) is 47.1 Å². The number of aromatic nitrogens is 2. The minimum atomic E-state index is -0.678. The summed E-state index contributed by atoms with van der Waals surface area (Å²) in [5, 5.41) is 5.33. The molecule has 0 aliphatic carbocycles. The Morgan fingerprint density at radius 1 is 1.62 bits per heavy atom. The molecule has 6 heteroatoms. The third-order valence-electron chi connectivity index (χ3n) is 2.23. The third-order valence-corrected chi connectivity index (χ3v) is 3.87. The summed E-state index contributed by atoms with van der Waals surface area (Å²) in [6, 6.07) is 0. The molecule has 4 nitrogen and oxygen atoms in total. The molecule has 0 spiro atoms. The Morgan fingerprint density at radius 3 is 3.25 bits per heavy atom. The van der Waals surface area contributed by atoms with Gasteiger partial charge in [0.15, 0.2) is 4.96 Å². The van der Waals surface area contributed by atoms with Crippen LogP contribution in [0.2, 0.25) is 0 Å². The molecule has 1 N–H and O–H groups in total. The summed E-state index contributed by atoms with van der Waals surface area (Å²) in [5.74, 6) is 0.769. The summed E-state index contributed by atoms with van der Waals surface area (Å²) in [7, 11) is -0.678. The topological polar surface area (TPSA) is 46.4 Å². The highest BCUT2D eigenvalue weighted by Crippen LogP contribution is 2.10. The van der Waals surface area contributed by atoms with Crippen molar-refractivity contribution in [2.45, 2.75) is 13.0 Å². The van der Waals surface area contributed by atoms with E-state index in [4.69, 9.17) is 0 Å². The highest BCUT2D eigenvalue weighted by Gasteiger charge is 2.01. The Kier molecular flexibility index (Phi) is 4.09. The van der Waals surface area contributed by atoms with Crippen LogP contribution in [0, 0.1) is 0 Å². The van der Waals surface area contributed by atoms with Crippen molar-refractivity contribution >= 4 is 27.1 Å². The van der Waals surface area contributed by atoms with Crippen molar-refractivity contribution in [3.8, 4) is 0 Å². The second-order valence-electron chi connectivity index (χ2n) is 3.63. The second kappa shape index (κ2) is 5.56. The predicted molar refractivity (Wildman–Crippen MR) is 68.3 cm³/mol. The summed E-state index contributed by atoms with van der Waals surface area (Å²) in [6.07, 6.45) is 6.74. The summed E-state index contributed by atoms with van der Waals surface area (Å²) in [5.41, 5.74) is 1.06. The number of thiazole rings is 1. The van der Waals surface area contributed by atoms with Crippen LogP contribution < -0.4 is 5.32 Å². The molecule has 0 aliphatic heterocycles. The van der Waals surface area contributed by atoms with Gasteiger partial charge >= 0.3 is 0 Å². The number of nitrogens with zero attached hydrogens (tertiary/aromatic N) is 2. The van der Waals surface area contributed by atoms with Crippen LogP contribution in [-0.2, 0) is 17.3 Å². The Hall–Kier alpha value is -0.720. The van der Waals surface area contributed by atoms with Crippen LogP contribution in [0.5, 0.6) is 0 Å². The molecule has 2 aromatic rings. The molecule has 0 saturated heterocycles. The lowest BCUT2D eigenvalue weighted by Gasteiger charge is -2.00. The smallest absolute Gasteiger partial charge is 0.193 e. The van der Waals surface area contributed by atoms with E-state index in [1.54, 1.807) is 17.6 Å². The van der Waals surface area contributed by atoms with E-state index >= 15 is 0 Å². The van der Waals surface area contributed by atoms with Gasteiger partial charge in [0.1, 0.15) is 0 Å². The standard InChI is InChI=1S/C10H15N3OS2/c1-16(14)6-2-3-11-7-9-8-13-4-5-15-10(13)12-9/h4-5,8,11H,2-3,6-7H2,1H3. The van der Waals surface area contributed by atoms with Gasteiger partial charge in [-0.05, 0) is 13.0 Å². The molecule has 2 aromatic heterocycles. The molecule has 0 aliphatic rings. The largest absolute Gasteiger partial charge is 0.311 e. The number of rotatable bonds is 6. The van der Waals surface area contributed by atoms with Crippen molar-refractivity contribution < 1.29 is 4.21 Å². The summed E-state index contributed by atoms with van der Waals surface area (Å²) >= 11 is 1.64. The zero-order valence-corrected chi connectivity index (χ0v) is 10.8. The van der Waals surface area contributed by atoms with Crippen molar-refractivity contribution in [1.29, 1.82) is 0 Å².